The molecular formula is C18H23N3O3S. The Kier molecular flexibility index (Phi) is 7.40. The minimum atomic E-state index is -0.231. The van der Waals surface area contributed by atoms with Crippen LogP contribution in [0.3, 0.4) is 0 Å². The van der Waals surface area contributed by atoms with E-state index in [-0.39, 0.29) is 12.0 Å². The highest BCUT2D eigenvalue weighted by Gasteiger charge is 2.05. The predicted molar refractivity (Wildman–Crippen MR) is 99.8 cm³/mol. The van der Waals surface area contributed by atoms with Crippen molar-refractivity contribution in [2.45, 2.75) is 32.6 Å². The van der Waals surface area contributed by atoms with Crippen LogP contribution >= 0.6 is 11.3 Å². The molecule has 1 heterocycles. The zero-order valence-corrected chi connectivity index (χ0v) is 15.3. The van der Waals surface area contributed by atoms with Crippen molar-refractivity contribution in [3.8, 4) is 11.3 Å². The Morgan fingerprint density at radius 2 is 1.92 bits per heavy atom. The standard InChI is InChI=1S/C18H23N3O3S/c1-13-20-16(12-25-13)14-7-9-15(10-8-14)21-18(23)19-11-5-3-4-6-17(22)24-2/h7-10,12H,3-6,11H2,1-2H3,(H2,19,21,23). The third-order valence-electron chi connectivity index (χ3n) is 3.63. The second-order valence-electron chi connectivity index (χ2n) is 5.60. The van der Waals surface area contributed by atoms with E-state index in [1.54, 1.807) is 11.3 Å². The van der Waals surface area contributed by atoms with Gasteiger partial charge >= 0.3 is 12.0 Å². The van der Waals surface area contributed by atoms with Crippen molar-refractivity contribution in [2.75, 3.05) is 19.0 Å². The number of nitrogens with zero attached hydrogens (tertiary/aromatic N) is 1. The molecule has 0 unspecified atom stereocenters. The van der Waals surface area contributed by atoms with E-state index in [0.29, 0.717) is 13.0 Å². The lowest BCUT2D eigenvalue weighted by Gasteiger charge is -2.08. The third kappa shape index (κ3) is 6.54. The van der Waals surface area contributed by atoms with Gasteiger partial charge in [0.2, 0.25) is 0 Å². The first-order chi connectivity index (χ1) is 12.1. The van der Waals surface area contributed by atoms with Gasteiger partial charge in [-0.25, -0.2) is 9.78 Å². The summed E-state index contributed by atoms with van der Waals surface area (Å²) in [6, 6.07) is 7.37. The fourth-order valence-corrected chi connectivity index (χ4v) is 2.89. The number of anilines is 1. The fourth-order valence-electron chi connectivity index (χ4n) is 2.27. The molecule has 1 aromatic carbocycles. The van der Waals surface area contributed by atoms with Gasteiger partial charge in [0.05, 0.1) is 17.8 Å². The summed E-state index contributed by atoms with van der Waals surface area (Å²) in [5.74, 6) is -0.193. The van der Waals surface area contributed by atoms with E-state index in [9.17, 15) is 9.59 Å². The highest BCUT2D eigenvalue weighted by atomic mass is 32.1. The highest BCUT2D eigenvalue weighted by molar-refractivity contribution is 7.09. The largest absolute Gasteiger partial charge is 0.469 e. The molecule has 0 aliphatic rings. The van der Waals surface area contributed by atoms with Crippen molar-refractivity contribution in [1.82, 2.24) is 10.3 Å². The number of thiazole rings is 1. The van der Waals surface area contributed by atoms with E-state index in [1.807, 2.05) is 36.6 Å². The molecule has 2 N–H and O–H groups in total. The molecule has 0 saturated heterocycles. The lowest BCUT2D eigenvalue weighted by molar-refractivity contribution is -0.140. The Morgan fingerprint density at radius 3 is 2.56 bits per heavy atom. The monoisotopic (exact) mass is 361 g/mol. The number of carbonyl (C=O) groups excluding carboxylic acids is 2. The summed E-state index contributed by atoms with van der Waals surface area (Å²) in [6.07, 6.45) is 2.89. The summed E-state index contributed by atoms with van der Waals surface area (Å²) < 4.78 is 4.58. The third-order valence-corrected chi connectivity index (χ3v) is 4.40. The summed E-state index contributed by atoms with van der Waals surface area (Å²) >= 11 is 1.61. The summed E-state index contributed by atoms with van der Waals surface area (Å²) in [7, 11) is 1.39. The molecule has 0 saturated carbocycles. The zero-order valence-electron chi connectivity index (χ0n) is 14.5. The van der Waals surface area contributed by atoms with Gasteiger partial charge in [0.25, 0.3) is 0 Å². The average Bonchev–Trinajstić information content (AvgIpc) is 3.04. The van der Waals surface area contributed by atoms with Crippen LogP contribution in [0.2, 0.25) is 0 Å². The smallest absolute Gasteiger partial charge is 0.319 e. The molecular weight excluding hydrogens is 338 g/mol. The first kappa shape index (κ1) is 18.9. The minimum Gasteiger partial charge on any atom is -0.469 e. The fraction of sp³-hybridized carbons (Fsp3) is 0.389. The van der Waals surface area contributed by atoms with Gasteiger partial charge in [-0.15, -0.1) is 11.3 Å². The number of amides is 2. The summed E-state index contributed by atoms with van der Waals surface area (Å²) in [6.45, 7) is 2.55. The minimum absolute atomic E-state index is 0.193. The molecule has 2 rings (SSSR count). The van der Waals surface area contributed by atoms with Crippen LogP contribution in [0, 0.1) is 6.92 Å². The van der Waals surface area contributed by atoms with Crippen LogP contribution in [-0.2, 0) is 9.53 Å². The van der Waals surface area contributed by atoms with E-state index in [0.717, 1.165) is 41.2 Å². The average molecular weight is 361 g/mol. The number of aryl methyl sites for hydroxylation is 1. The first-order valence-corrected chi connectivity index (χ1v) is 9.10. The van der Waals surface area contributed by atoms with Crippen molar-refractivity contribution >= 4 is 29.0 Å². The second-order valence-corrected chi connectivity index (χ2v) is 6.66. The maximum absolute atomic E-state index is 11.9. The molecule has 2 aromatic rings. The Morgan fingerprint density at radius 1 is 1.16 bits per heavy atom. The Balaban J connectivity index is 1.67. The molecule has 134 valence electrons. The van der Waals surface area contributed by atoms with Crippen LogP contribution in [0.1, 0.15) is 30.7 Å². The van der Waals surface area contributed by atoms with Crippen molar-refractivity contribution < 1.29 is 14.3 Å². The van der Waals surface area contributed by atoms with Gasteiger partial charge in [-0.3, -0.25) is 4.79 Å². The van der Waals surface area contributed by atoms with Crippen molar-refractivity contribution in [3.05, 3.63) is 34.7 Å². The number of benzene rings is 1. The van der Waals surface area contributed by atoms with Crippen LogP contribution in [0.25, 0.3) is 11.3 Å². The lowest BCUT2D eigenvalue weighted by atomic mass is 10.1. The van der Waals surface area contributed by atoms with Crippen molar-refractivity contribution in [3.63, 3.8) is 0 Å². The number of hydrogen-bond donors (Lipinski definition) is 2. The maximum atomic E-state index is 11.9. The number of ether oxygens (including phenoxy) is 1. The molecule has 25 heavy (non-hydrogen) atoms. The molecule has 2 amide bonds. The molecule has 0 fully saturated rings. The van der Waals surface area contributed by atoms with Gasteiger partial charge < -0.3 is 15.4 Å². The number of nitrogens with one attached hydrogen (secondary N) is 2. The topological polar surface area (TPSA) is 80.3 Å². The Labute approximate surface area is 151 Å². The SMILES string of the molecule is COC(=O)CCCCCNC(=O)Nc1ccc(-c2csc(C)n2)cc1. The predicted octanol–water partition coefficient (Wildman–Crippen LogP) is 3.97. The number of unbranched alkanes of at least 4 members (excludes halogenated alkanes) is 2. The van der Waals surface area contributed by atoms with E-state index >= 15 is 0 Å². The molecule has 1 aromatic heterocycles. The highest BCUT2D eigenvalue weighted by Crippen LogP contribution is 2.23. The first-order valence-electron chi connectivity index (χ1n) is 8.22. The molecule has 0 radical (unpaired) electrons. The summed E-state index contributed by atoms with van der Waals surface area (Å²) in [4.78, 5) is 27.3. The maximum Gasteiger partial charge on any atom is 0.319 e. The van der Waals surface area contributed by atoms with Crippen LogP contribution in [0.5, 0.6) is 0 Å². The number of carbonyl (C=O) groups is 2. The Bertz CT molecular complexity index is 698. The molecule has 0 aliphatic heterocycles. The molecule has 0 aliphatic carbocycles. The molecule has 6 nitrogen and oxygen atoms in total. The van der Waals surface area contributed by atoms with Gasteiger partial charge in [0.1, 0.15) is 0 Å². The lowest BCUT2D eigenvalue weighted by Crippen LogP contribution is -2.29. The number of methoxy groups -OCH3 is 1. The quantitative estimate of drug-likeness (QED) is 0.551. The number of hydrogen-bond acceptors (Lipinski definition) is 5. The zero-order chi connectivity index (χ0) is 18.1. The van der Waals surface area contributed by atoms with Crippen molar-refractivity contribution in [2.24, 2.45) is 0 Å². The van der Waals surface area contributed by atoms with E-state index in [2.05, 4.69) is 20.4 Å². The molecule has 0 atom stereocenters. The molecule has 7 heteroatoms. The summed E-state index contributed by atoms with van der Waals surface area (Å²) in [5.41, 5.74) is 2.71. The van der Waals surface area contributed by atoms with Crippen LogP contribution in [-0.4, -0.2) is 30.6 Å². The number of rotatable bonds is 8. The van der Waals surface area contributed by atoms with Gasteiger partial charge in [-0.05, 0) is 31.9 Å². The second kappa shape index (κ2) is 9.78. The van der Waals surface area contributed by atoms with Crippen molar-refractivity contribution in [1.29, 1.82) is 0 Å². The Hall–Kier alpha value is -2.41. The molecule has 0 bridgehead atoms. The summed E-state index contributed by atoms with van der Waals surface area (Å²) in [5, 5.41) is 8.66. The van der Waals surface area contributed by atoms with E-state index < -0.39 is 0 Å². The van der Waals surface area contributed by atoms with Gasteiger partial charge in [0, 0.05) is 29.6 Å². The van der Waals surface area contributed by atoms with Crippen LogP contribution in [0.15, 0.2) is 29.6 Å². The van der Waals surface area contributed by atoms with Crippen LogP contribution in [0.4, 0.5) is 10.5 Å². The normalized spacial score (nSPS) is 10.3. The number of esters is 1. The van der Waals surface area contributed by atoms with Gasteiger partial charge in [-0.1, -0.05) is 18.6 Å². The number of aromatic nitrogens is 1. The number of urea groups is 1. The van der Waals surface area contributed by atoms with Gasteiger partial charge in [0.15, 0.2) is 0 Å². The molecule has 0 spiro atoms. The van der Waals surface area contributed by atoms with Gasteiger partial charge in [-0.2, -0.15) is 0 Å². The van der Waals surface area contributed by atoms with E-state index in [4.69, 9.17) is 0 Å². The van der Waals surface area contributed by atoms with E-state index in [1.165, 1.54) is 7.11 Å². The van der Waals surface area contributed by atoms with Crippen LogP contribution < -0.4 is 10.6 Å².